The van der Waals surface area contributed by atoms with Gasteiger partial charge in [-0.25, -0.2) is 9.97 Å². The Hall–Kier alpha value is -1.43. The molecule has 0 aliphatic heterocycles. The Bertz CT molecular complexity index is 495. The molecule has 3 heteroatoms. The van der Waals surface area contributed by atoms with Crippen LogP contribution in [0.3, 0.4) is 0 Å². The highest BCUT2D eigenvalue weighted by molar-refractivity contribution is 5.32. The van der Waals surface area contributed by atoms with Gasteiger partial charge in [0.05, 0.1) is 18.2 Å². The van der Waals surface area contributed by atoms with Crippen LogP contribution in [-0.2, 0) is 19.3 Å². The summed E-state index contributed by atoms with van der Waals surface area (Å²) in [6, 6.07) is 2.15. The van der Waals surface area contributed by atoms with Gasteiger partial charge in [-0.3, -0.25) is 0 Å². The van der Waals surface area contributed by atoms with E-state index in [-0.39, 0.29) is 0 Å². The number of aryl methyl sites for hydroxylation is 1. The van der Waals surface area contributed by atoms with Crippen LogP contribution in [0.5, 0.6) is 0 Å². The van der Waals surface area contributed by atoms with Crippen LogP contribution in [0.15, 0.2) is 0 Å². The highest BCUT2D eigenvalue weighted by Crippen LogP contribution is 2.36. The van der Waals surface area contributed by atoms with Crippen LogP contribution in [-0.4, -0.2) is 9.97 Å². The number of hydrogen-bond acceptors (Lipinski definition) is 3. The van der Waals surface area contributed by atoms with Crippen molar-refractivity contribution < 1.29 is 0 Å². The van der Waals surface area contributed by atoms with Gasteiger partial charge in [-0.1, -0.05) is 27.7 Å². The second-order valence-electron chi connectivity index (χ2n) is 6.28. The van der Waals surface area contributed by atoms with Gasteiger partial charge in [0.15, 0.2) is 0 Å². The van der Waals surface area contributed by atoms with Crippen LogP contribution in [0.1, 0.15) is 62.8 Å². The van der Waals surface area contributed by atoms with E-state index in [0.717, 1.165) is 18.5 Å². The first-order valence-electron chi connectivity index (χ1n) is 6.68. The van der Waals surface area contributed by atoms with Crippen LogP contribution in [0.4, 0.5) is 0 Å². The average Bonchev–Trinajstić information content (AvgIpc) is 2.28. The Morgan fingerprint density at radius 2 is 2.06 bits per heavy atom. The van der Waals surface area contributed by atoms with Crippen LogP contribution in [0.25, 0.3) is 0 Å². The maximum absolute atomic E-state index is 8.81. The lowest BCUT2D eigenvalue weighted by Gasteiger charge is -2.32. The van der Waals surface area contributed by atoms with Gasteiger partial charge < -0.3 is 0 Å². The first-order valence-corrected chi connectivity index (χ1v) is 6.68. The Morgan fingerprint density at radius 3 is 2.67 bits per heavy atom. The third-order valence-electron chi connectivity index (χ3n) is 3.65. The zero-order valence-electron chi connectivity index (χ0n) is 11.7. The molecule has 0 atom stereocenters. The zero-order valence-corrected chi connectivity index (χ0v) is 11.7. The van der Waals surface area contributed by atoms with Gasteiger partial charge in [-0.05, 0) is 36.2 Å². The largest absolute Gasteiger partial charge is 0.237 e. The molecule has 0 fully saturated rings. The summed E-state index contributed by atoms with van der Waals surface area (Å²) in [5.41, 5.74) is 4.01. The molecule has 0 spiro atoms. The molecule has 1 heterocycles. The minimum atomic E-state index is 0.316. The van der Waals surface area contributed by atoms with Crippen molar-refractivity contribution in [3.8, 4) is 6.07 Å². The zero-order chi connectivity index (χ0) is 13.3. The number of nitrogens with zero attached hydrogens (tertiary/aromatic N) is 3. The highest BCUT2D eigenvalue weighted by atomic mass is 14.9. The van der Waals surface area contributed by atoms with Crippen molar-refractivity contribution in [2.75, 3.05) is 0 Å². The van der Waals surface area contributed by atoms with E-state index in [1.165, 1.54) is 17.7 Å². The van der Waals surface area contributed by atoms with Gasteiger partial charge in [0.1, 0.15) is 5.82 Å². The van der Waals surface area contributed by atoms with Crippen molar-refractivity contribution in [1.29, 1.82) is 5.26 Å². The van der Waals surface area contributed by atoms with Crippen molar-refractivity contribution in [1.82, 2.24) is 9.97 Å². The molecular formula is C15H21N3. The lowest BCUT2D eigenvalue weighted by molar-refractivity contribution is 0.309. The number of rotatable bonds is 2. The van der Waals surface area contributed by atoms with E-state index in [1.807, 2.05) is 0 Å². The summed E-state index contributed by atoms with van der Waals surface area (Å²) in [6.45, 7) is 8.95. The molecular weight excluding hydrogens is 222 g/mol. The smallest absolute Gasteiger partial charge is 0.142 e. The maximum atomic E-state index is 8.81. The molecule has 3 nitrogen and oxygen atoms in total. The summed E-state index contributed by atoms with van der Waals surface area (Å²) in [5.74, 6) is 1.09. The summed E-state index contributed by atoms with van der Waals surface area (Å²) in [6.07, 6.45) is 3.56. The van der Waals surface area contributed by atoms with Gasteiger partial charge in [-0.15, -0.1) is 0 Å². The molecule has 18 heavy (non-hydrogen) atoms. The van der Waals surface area contributed by atoms with Gasteiger partial charge in [0, 0.05) is 5.69 Å². The summed E-state index contributed by atoms with van der Waals surface area (Å²) in [4.78, 5) is 9.19. The molecule has 0 unspecified atom stereocenters. The number of fused-ring (bicyclic) bond motifs is 1. The lowest BCUT2D eigenvalue weighted by Crippen LogP contribution is -2.26. The van der Waals surface area contributed by atoms with Crippen LogP contribution >= 0.6 is 0 Å². The maximum Gasteiger partial charge on any atom is 0.142 e. The quantitative estimate of drug-likeness (QED) is 0.801. The van der Waals surface area contributed by atoms with E-state index in [9.17, 15) is 0 Å². The van der Waals surface area contributed by atoms with E-state index < -0.39 is 0 Å². The van der Waals surface area contributed by atoms with Crippen LogP contribution < -0.4 is 0 Å². The Kier molecular flexibility index (Phi) is 3.38. The molecule has 0 N–H and O–H groups in total. The van der Waals surface area contributed by atoms with Crippen molar-refractivity contribution in [2.45, 2.75) is 59.3 Å². The molecule has 96 valence electrons. The van der Waals surface area contributed by atoms with Gasteiger partial charge in [0.25, 0.3) is 0 Å². The van der Waals surface area contributed by atoms with Gasteiger partial charge in [0.2, 0.25) is 0 Å². The second-order valence-corrected chi connectivity index (χ2v) is 6.28. The molecule has 0 saturated carbocycles. The molecule has 0 saturated heterocycles. The number of aromatic nitrogens is 2. The highest BCUT2D eigenvalue weighted by Gasteiger charge is 2.29. The van der Waals surface area contributed by atoms with E-state index in [2.05, 4.69) is 43.7 Å². The Labute approximate surface area is 109 Å². The summed E-state index contributed by atoms with van der Waals surface area (Å²) in [7, 11) is 0. The topological polar surface area (TPSA) is 49.6 Å². The van der Waals surface area contributed by atoms with Gasteiger partial charge >= 0.3 is 0 Å². The minimum Gasteiger partial charge on any atom is -0.237 e. The molecule has 0 amide bonds. The first-order chi connectivity index (χ1) is 8.43. The van der Waals surface area contributed by atoms with Crippen LogP contribution in [0, 0.1) is 16.7 Å². The molecule has 0 aromatic carbocycles. The summed E-state index contributed by atoms with van der Waals surface area (Å²) >= 11 is 0. The number of hydrogen-bond donors (Lipinski definition) is 0. The van der Waals surface area contributed by atoms with Crippen molar-refractivity contribution in [3.63, 3.8) is 0 Å². The Balaban J connectivity index is 2.50. The molecule has 1 aliphatic carbocycles. The van der Waals surface area contributed by atoms with Crippen molar-refractivity contribution in [2.24, 2.45) is 5.41 Å². The molecule has 0 radical (unpaired) electrons. The van der Waals surface area contributed by atoms with Crippen molar-refractivity contribution >= 4 is 0 Å². The monoisotopic (exact) mass is 243 g/mol. The van der Waals surface area contributed by atoms with Crippen LogP contribution in [0.2, 0.25) is 0 Å². The average molecular weight is 243 g/mol. The molecule has 1 aliphatic rings. The fraction of sp³-hybridized carbons (Fsp3) is 0.667. The predicted molar refractivity (Wildman–Crippen MR) is 71.2 cm³/mol. The molecule has 1 aromatic heterocycles. The number of nitriles is 1. The fourth-order valence-electron chi connectivity index (χ4n) is 2.65. The van der Waals surface area contributed by atoms with E-state index >= 15 is 0 Å². The SMILES string of the molecule is CC(C)c1nc(CC#N)nc2c1CC(C)(C)CC2. The van der Waals surface area contributed by atoms with Gasteiger partial charge in [-0.2, -0.15) is 5.26 Å². The molecule has 0 bridgehead atoms. The standard InChI is InChI=1S/C15H21N3/c1-10(2)14-11-9-15(3,4)7-5-12(11)17-13(18-14)6-8-16/h10H,5-7,9H2,1-4H3. The minimum absolute atomic E-state index is 0.316. The molecule has 2 rings (SSSR count). The van der Waals surface area contributed by atoms with E-state index in [4.69, 9.17) is 5.26 Å². The Morgan fingerprint density at radius 1 is 1.33 bits per heavy atom. The second kappa shape index (κ2) is 4.68. The predicted octanol–water partition coefficient (Wildman–Crippen LogP) is 3.18. The lowest BCUT2D eigenvalue weighted by atomic mass is 9.74. The first kappa shape index (κ1) is 13.0. The summed E-state index contributed by atoms with van der Waals surface area (Å²) in [5, 5.41) is 8.81. The normalized spacial score (nSPS) is 17.3. The van der Waals surface area contributed by atoms with E-state index in [0.29, 0.717) is 23.6 Å². The fourth-order valence-corrected chi connectivity index (χ4v) is 2.65. The molecule has 1 aromatic rings. The third kappa shape index (κ3) is 2.53. The third-order valence-corrected chi connectivity index (χ3v) is 3.65. The van der Waals surface area contributed by atoms with Crippen molar-refractivity contribution in [3.05, 3.63) is 22.8 Å². The summed E-state index contributed by atoms with van der Waals surface area (Å²) < 4.78 is 0. The van der Waals surface area contributed by atoms with E-state index in [1.54, 1.807) is 0 Å².